The lowest BCUT2D eigenvalue weighted by Crippen LogP contribution is -2.50. The number of carbonyl (C=O) groups is 2. The van der Waals surface area contributed by atoms with Gasteiger partial charge >= 0.3 is 11.9 Å². The van der Waals surface area contributed by atoms with Crippen LogP contribution in [0.2, 0.25) is 15.1 Å². The van der Waals surface area contributed by atoms with Crippen LogP contribution in [0.5, 0.6) is 0 Å². The first-order valence-electron chi connectivity index (χ1n) is 6.73. The number of halogens is 3. The zero-order valence-electron chi connectivity index (χ0n) is 12.7. The van der Waals surface area contributed by atoms with Crippen LogP contribution in [0, 0.1) is 5.41 Å². The monoisotopic (exact) mass is 380 g/mol. The molecule has 1 aliphatic heterocycles. The third-order valence-electron chi connectivity index (χ3n) is 3.37. The van der Waals surface area contributed by atoms with E-state index in [1.807, 2.05) is 0 Å². The molecule has 0 amide bonds. The van der Waals surface area contributed by atoms with Crippen LogP contribution in [-0.4, -0.2) is 30.9 Å². The van der Waals surface area contributed by atoms with Crippen LogP contribution in [0.15, 0.2) is 12.1 Å². The summed E-state index contributed by atoms with van der Waals surface area (Å²) in [6.45, 7) is 5.18. The molecule has 0 spiro atoms. The molecule has 0 atom stereocenters. The third-order valence-corrected chi connectivity index (χ3v) is 4.18. The lowest BCUT2D eigenvalue weighted by molar-refractivity contribution is -0.280. The molecule has 1 heterocycles. The quantitative estimate of drug-likeness (QED) is 0.569. The normalized spacial score (nSPS) is 19.2. The van der Waals surface area contributed by atoms with Gasteiger partial charge in [-0.15, -0.1) is 0 Å². The van der Waals surface area contributed by atoms with Crippen LogP contribution in [0.4, 0.5) is 0 Å². The van der Waals surface area contributed by atoms with Crippen molar-refractivity contribution < 1.29 is 23.8 Å². The highest BCUT2D eigenvalue weighted by Gasteiger charge is 2.44. The van der Waals surface area contributed by atoms with Crippen molar-refractivity contribution in [1.29, 1.82) is 0 Å². The van der Waals surface area contributed by atoms with E-state index in [0.29, 0.717) is 0 Å². The molecule has 8 heteroatoms. The summed E-state index contributed by atoms with van der Waals surface area (Å²) in [5.74, 6) is -2.51. The van der Waals surface area contributed by atoms with Gasteiger partial charge in [0.15, 0.2) is 5.79 Å². The van der Waals surface area contributed by atoms with Gasteiger partial charge in [0.05, 0.1) is 28.8 Å². The Bertz CT molecular complexity index is 624. The van der Waals surface area contributed by atoms with Gasteiger partial charge in [-0.3, -0.25) is 4.79 Å². The zero-order chi connectivity index (χ0) is 17.4. The van der Waals surface area contributed by atoms with Crippen molar-refractivity contribution in [2.24, 2.45) is 5.41 Å². The summed E-state index contributed by atoms with van der Waals surface area (Å²) in [5, 5.41) is 0.275. The van der Waals surface area contributed by atoms with Gasteiger partial charge in [0.25, 0.3) is 0 Å². The molecular formula is C15H15Cl3O5. The molecular weight excluding hydrogens is 367 g/mol. The van der Waals surface area contributed by atoms with Gasteiger partial charge in [-0.1, -0.05) is 34.8 Å². The fourth-order valence-electron chi connectivity index (χ4n) is 1.86. The van der Waals surface area contributed by atoms with E-state index in [2.05, 4.69) is 0 Å². The highest BCUT2D eigenvalue weighted by molar-refractivity contribution is 6.42. The SMILES string of the molecule is CC1(C)OCC(C)(C(=O)OC(=O)c2c(Cl)cc(Cl)cc2Cl)CO1. The first-order chi connectivity index (χ1) is 10.5. The zero-order valence-corrected chi connectivity index (χ0v) is 15.0. The van der Waals surface area contributed by atoms with Crippen LogP contribution >= 0.6 is 34.8 Å². The minimum absolute atomic E-state index is 0.00253. The molecule has 0 aromatic heterocycles. The highest BCUT2D eigenvalue weighted by atomic mass is 35.5. The second kappa shape index (κ2) is 6.57. The number of carbonyl (C=O) groups excluding carboxylic acids is 2. The molecule has 2 rings (SSSR count). The molecule has 0 bridgehead atoms. The van der Waals surface area contributed by atoms with E-state index >= 15 is 0 Å². The lowest BCUT2D eigenvalue weighted by Gasteiger charge is -2.39. The Morgan fingerprint density at radius 2 is 1.52 bits per heavy atom. The topological polar surface area (TPSA) is 61.8 Å². The summed E-state index contributed by atoms with van der Waals surface area (Å²) >= 11 is 17.7. The smallest absolute Gasteiger partial charge is 0.348 e. The van der Waals surface area contributed by atoms with Crippen LogP contribution in [0.1, 0.15) is 31.1 Å². The Labute approximate surface area is 148 Å². The molecule has 0 saturated carbocycles. The molecule has 23 heavy (non-hydrogen) atoms. The standard InChI is InChI=1S/C15H15Cl3O5/c1-14(2)21-6-15(3,7-22-14)13(20)23-12(19)11-9(17)4-8(16)5-10(11)18/h4-5H,6-7H2,1-3H3. The van der Waals surface area contributed by atoms with Crippen LogP contribution in [0.3, 0.4) is 0 Å². The van der Waals surface area contributed by atoms with E-state index in [1.165, 1.54) is 12.1 Å². The van der Waals surface area contributed by atoms with Crippen LogP contribution < -0.4 is 0 Å². The Balaban J connectivity index is 2.13. The summed E-state index contributed by atoms with van der Waals surface area (Å²) in [7, 11) is 0. The van der Waals surface area contributed by atoms with Gasteiger partial charge < -0.3 is 14.2 Å². The Hall–Kier alpha value is -0.850. The molecule has 0 unspecified atom stereocenters. The number of rotatable bonds is 2. The maximum absolute atomic E-state index is 12.3. The van der Waals surface area contributed by atoms with Crippen molar-refractivity contribution >= 4 is 46.7 Å². The van der Waals surface area contributed by atoms with Crippen molar-refractivity contribution in [3.63, 3.8) is 0 Å². The van der Waals surface area contributed by atoms with E-state index in [1.54, 1.807) is 20.8 Å². The van der Waals surface area contributed by atoms with Gasteiger partial charge in [0.2, 0.25) is 0 Å². The van der Waals surface area contributed by atoms with Crippen molar-refractivity contribution in [2.45, 2.75) is 26.6 Å². The summed E-state index contributed by atoms with van der Waals surface area (Å²) in [6.07, 6.45) is 0. The number of esters is 2. The molecule has 1 saturated heterocycles. The van der Waals surface area contributed by atoms with Gasteiger partial charge in [0.1, 0.15) is 5.41 Å². The molecule has 1 aromatic rings. The van der Waals surface area contributed by atoms with Crippen molar-refractivity contribution in [3.8, 4) is 0 Å². The first kappa shape index (κ1) is 18.5. The predicted octanol–water partition coefficient (Wildman–Crippen LogP) is 4.12. The van der Waals surface area contributed by atoms with E-state index < -0.39 is 23.1 Å². The third kappa shape index (κ3) is 4.17. The molecule has 0 aliphatic carbocycles. The van der Waals surface area contributed by atoms with E-state index in [0.717, 1.165) is 0 Å². The van der Waals surface area contributed by atoms with Crippen LogP contribution in [0.25, 0.3) is 0 Å². The average Bonchev–Trinajstić information content (AvgIpc) is 2.41. The number of hydrogen-bond acceptors (Lipinski definition) is 5. The van der Waals surface area contributed by atoms with Crippen LogP contribution in [-0.2, 0) is 19.0 Å². The van der Waals surface area contributed by atoms with Crippen molar-refractivity contribution in [2.75, 3.05) is 13.2 Å². The summed E-state index contributed by atoms with van der Waals surface area (Å²) < 4.78 is 15.8. The second-order valence-corrected chi connectivity index (χ2v) is 7.21. The largest absolute Gasteiger partial charge is 0.389 e. The highest BCUT2D eigenvalue weighted by Crippen LogP contribution is 2.33. The summed E-state index contributed by atoms with van der Waals surface area (Å²) in [6, 6.07) is 2.68. The van der Waals surface area contributed by atoms with Gasteiger partial charge in [-0.05, 0) is 32.9 Å². The van der Waals surface area contributed by atoms with Gasteiger partial charge in [0, 0.05) is 5.02 Å². The van der Waals surface area contributed by atoms with Crippen molar-refractivity contribution in [3.05, 3.63) is 32.8 Å². The molecule has 5 nitrogen and oxygen atoms in total. The van der Waals surface area contributed by atoms with Crippen molar-refractivity contribution in [1.82, 2.24) is 0 Å². The first-order valence-corrected chi connectivity index (χ1v) is 7.86. The minimum Gasteiger partial charge on any atom is -0.389 e. The van der Waals surface area contributed by atoms with E-state index in [-0.39, 0.29) is 33.8 Å². The molecule has 1 aliphatic rings. The molecule has 126 valence electrons. The molecule has 1 aromatic carbocycles. The second-order valence-electron chi connectivity index (χ2n) is 5.96. The van der Waals surface area contributed by atoms with Gasteiger partial charge in [-0.25, -0.2) is 4.79 Å². The fourth-order valence-corrected chi connectivity index (χ4v) is 2.83. The fraction of sp³-hybridized carbons (Fsp3) is 0.467. The number of ether oxygens (including phenoxy) is 3. The maximum Gasteiger partial charge on any atom is 0.348 e. The minimum atomic E-state index is -1.10. The summed E-state index contributed by atoms with van der Waals surface area (Å²) in [4.78, 5) is 24.5. The number of benzene rings is 1. The molecule has 1 fully saturated rings. The average molecular weight is 382 g/mol. The van der Waals surface area contributed by atoms with E-state index in [4.69, 9.17) is 49.0 Å². The summed E-state index contributed by atoms with van der Waals surface area (Å²) in [5.41, 5.74) is -1.22. The lowest BCUT2D eigenvalue weighted by atomic mass is 9.92. The Morgan fingerprint density at radius 1 is 1.04 bits per heavy atom. The predicted molar refractivity (Wildman–Crippen MR) is 86.0 cm³/mol. The van der Waals surface area contributed by atoms with E-state index in [9.17, 15) is 9.59 Å². The Morgan fingerprint density at radius 3 is 2.00 bits per heavy atom. The maximum atomic E-state index is 12.3. The molecule has 0 N–H and O–H groups in total. The van der Waals surface area contributed by atoms with Gasteiger partial charge in [-0.2, -0.15) is 0 Å². The number of hydrogen-bond donors (Lipinski definition) is 0. The Kier molecular flexibility index (Phi) is 5.28. The molecule has 0 radical (unpaired) electrons.